The molecule has 1 aromatic rings. The van der Waals surface area contributed by atoms with Crippen molar-refractivity contribution in [3.05, 3.63) is 28.3 Å². The Kier molecular flexibility index (Phi) is 4.88. The molecule has 0 spiro atoms. The van der Waals surface area contributed by atoms with E-state index in [1.54, 1.807) is 0 Å². The van der Waals surface area contributed by atoms with E-state index in [4.69, 9.17) is 14.9 Å². The highest BCUT2D eigenvalue weighted by atomic mass is 16.6. The number of benzene rings is 1. The topological polar surface area (TPSA) is 122 Å². The molecule has 0 atom stereocenters. The van der Waals surface area contributed by atoms with Crippen LogP contribution in [-0.4, -0.2) is 40.9 Å². The molecule has 3 N–H and O–H groups in total. The largest absolute Gasteiger partial charge is 0.482 e. The molecule has 98 valence electrons. The molecule has 8 heteroatoms. The van der Waals surface area contributed by atoms with Gasteiger partial charge < -0.3 is 20.3 Å². The summed E-state index contributed by atoms with van der Waals surface area (Å²) in [5.41, 5.74) is 0.150. The lowest BCUT2D eigenvalue weighted by Crippen LogP contribution is -2.10. The molecule has 0 amide bonds. The van der Waals surface area contributed by atoms with Crippen LogP contribution in [0, 0.1) is 10.1 Å². The van der Waals surface area contributed by atoms with Gasteiger partial charge in [0.1, 0.15) is 5.75 Å². The minimum atomic E-state index is -1.17. The number of aliphatic carboxylic acids is 1. The number of aliphatic hydroxyl groups excluding tert-OH is 1. The van der Waals surface area contributed by atoms with E-state index in [0.717, 1.165) is 6.07 Å². The molecule has 0 radical (unpaired) electrons. The van der Waals surface area contributed by atoms with E-state index in [-0.39, 0.29) is 24.6 Å². The zero-order valence-electron chi connectivity index (χ0n) is 9.33. The predicted octanol–water partition coefficient (Wildman–Crippen LogP) is 0.462. The first-order valence-corrected chi connectivity index (χ1v) is 5.01. The van der Waals surface area contributed by atoms with Crippen LogP contribution in [0.5, 0.6) is 5.75 Å². The first-order chi connectivity index (χ1) is 8.52. The third kappa shape index (κ3) is 4.26. The zero-order chi connectivity index (χ0) is 13.5. The van der Waals surface area contributed by atoms with Crippen LogP contribution < -0.4 is 10.1 Å². The molecular formula is C10H12N2O6. The van der Waals surface area contributed by atoms with Gasteiger partial charge >= 0.3 is 5.97 Å². The SMILES string of the molecule is O=C(O)COc1cc(NCCO)cc([N+](=O)[O-])c1. The molecule has 0 saturated heterocycles. The van der Waals surface area contributed by atoms with Crippen molar-refractivity contribution in [2.75, 3.05) is 25.1 Å². The van der Waals surface area contributed by atoms with Crippen LogP contribution in [-0.2, 0) is 4.79 Å². The third-order valence-corrected chi connectivity index (χ3v) is 1.91. The number of hydrogen-bond donors (Lipinski definition) is 3. The highest BCUT2D eigenvalue weighted by molar-refractivity contribution is 5.68. The molecule has 1 rings (SSSR count). The number of ether oxygens (including phenoxy) is 1. The maximum absolute atomic E-state index is 10.7. The van der Waals surface area contributed by atoms with Crippen LogP contribution >= 0.6 is 0 Å². The monoisotopic (exact) mass is 256 g/mol. The van der Waals surface area contributed by atoms with Crippen molar-refractivity contribution in [2.24, 2.45) is 0 Å². The average molecular weight is 256 g/mol. The van der Waals surface area contributed by atoms with Gasteiger partial charge in [-0.2, -0.15) is 0 Å². The van der Waals surface area contributed by atoms with Gasteiger partial charge in [-0.3, -0.25) is 10.1 Å². The number of carbonyl (C=O) groups is 1. The van der Waals surface area contributed by atoms with Gasteiger partial charge in [-0.1, -0.05) is 0 Å². The molecule has 0 aliphatic carbocycles. The lowest BCUT2D eigenvalue weighted by atomic mass is 10.2. The molecule has 8 nitrogen and oxygen atoms in total. The molecule has 0 heterocycles. The van der Waals surface area contributed by atoms with Crippen molar-refractivity contribution in [3.63, 3.8) is 0 Å². The number of hydrogen-bond acceptors (Lipinski definition) is 6. The molecule has 0 aliphatic heterocycles. The van der Waals surface area contributed by atoms with E-state index in [1.807, 2.05) is 0 Å². The Bertz CT molecular complexity index is 448. The Labute approximate surface area is 102 Å². The smallest absolute Gasteiger partial charge is 0.341 e. The van der Waals surface area contributed by atoms with E-state index in [0.29, 0.717) is 5.69 Å². The fourth-order valence-corrected chi connectivity index (χ4v) is 1.22. The van der Waals surface area contributed by atoms with E-state index >= 15 is 0 Å². The number of aliphatic hydroxyl groups is 1. The highest BCUT2D eigenvalue weighted by Crippen LogP contribution is 2.25. The number of non-ortho nitro benzene ring substituents is 1. The van der Waals surface area contributed by atoms with Crippen LogP contribution in [0.4, 0.5) is 11.4 Å². The molecule has 0 fully saturated rings. The molecule has 0 saturated carbocycles. The average Bonchev–Trinajstić information content (AvgIpc) is 2.33. The van der Waals surface area contributed by atoms with E-state index < -0.39 is 17.5 Å². The number of carboxylic acids is 1. The summed E-state index contributed by atoms with van der Waals surface area (Å²) < 4.78 is 4.87. The second-order valence-corrected chi connectivity index (χ2v) is 3.31. The number of nitro benzene ring substituents is 1. The summed E-state index contributed by atoms with van der Waals surface area (Å²) in [7, 11) is 0. The minimum absolute atomic E-state index is 0.0760. The molecule has 1 aromatic carbocycles. The van der Waals surface area contributed by atoms with Crippen molar-refractivity contribution in [1.82, 2.24) is 0 Å². The van der Waals surface area contributed by atoms with Gasteiger partial charge in [0.25, 0.3) is 5.69 Å². The second-order valence-electron chi connectivity index (χ2n) is 3.31. The Morgan fingerprint density at radius 1 is 1.44 bits per heavy atom. The van der Waals surface area contributed by atoms with Crippen molar-refractivity contribution in [2.45, 2.75) is 0 Å². The third-order valence-electron chi connectivity index (χ3n) is 1.91. The maximum Gasteiger partial charge on any atom is 0.341 e. The quantitative estimate of drug-likeness (QED) is 0.478. The van der Waals surface area contributed by atoms with Gasteiger partial charge in [0, 0.05) is 24.4 Å². The maximum atomic E-state index is 10.7. The van der Waals surface area contributed by atoms with Gasteiger partial charge in [0.15, 0.2) is 6.61 Å². The number of carboxylic acid groups (broad SMARTS) is 1. The molecular weight excluding hydrogens is 244 g/mol. The Morgan fingerprint density at radius 2 is 2.17 bits per heavy atom. The standard InChI is InChI=1S/C10H12N2O6/c13-2-1-11-7-3-8(12(16)17)5-9(4-7)18-6-10(14)15/h3-5,11,13H,1-2,6H2,(H,14,15). The molecule has 18 heavy (non-hydrogen) atoms. The first kappa shape index (κ1) is 13.7. The zero-order valence-corrected chi connectivity index (χ0v) is 9.33. The fraction of sp³-hybridized carbons (Fsp3) is 0.300. The Balaban J connectivity index is 2.90. The molecule has 0 aliphatic rings. The molecule has 0 aromatic heterocycles. The number of nitrogens with one attached hydrogen (secondary N) is 1. The van der Waals surface area contributed by atoms with Gasteiger partial charge in [-0.05, 0) is 0 Å². The van der Waals surface area contributed by atoms with Crippen molar-refractivity contribution in [1.29, 1.82) is 0 Å². The van der Waals surface area contributed by atoms with Gasteiger partial charge in [-0.15, -0.1) is 0 Å². The number of nitrogens with zero attached hydrogens (tertiary/aromatic N) is 1. The van der Waals surface area contributed by atoms with Crippen LogP contribution in [0.15, 0.2) is 18.2 Å². The lowest BCUT2D eigenvalue weighted by molar-refractivity contribution is -0.384. The first-order valence-electron chi connectivity index (χ1n) is 5.01. The summed E-state index contributed by atoms with van der Waals surface area (Å²) in [6, 6.07) is 3.82. The van der Waals surface area contributed by atoms with E-state index in [1.165, 1.54) is 12.1 Å². The Hall–Kier alpha value is -2.35. The Morgan fingerprint density at radius 3 is 2.72 bits per heavy atom. The van der Waals surface area contributed by atoms with Crippen LogP contribution in [0.2, 0.25) is 0 Å². The van der Waals surface area contributed by atoms with Crippen molar-refractivity contribution < 1.29 is 24.7 Å². The number of rotatable bonds is 7. The van der Waals surface area contributed by atoms with Crippen LogP contribution in [0.3, 0.4) is 0 Å². The molecule has 0 unspecified atom stereocenters. The fourth-order valence-electron chi connectivity index (χ4n) is 1.22. The summed E-state index contributed by atoms with van der Waals surface area (Å²) in [6.07, 6.45) is 0. The van der Waals surface area contributed by atoms with Crippen molar-refractivity contribution >= 4 is 17.3 Å². The number of anilines is 1. The lowest BCUT2D eigenvalue weighted by Gasteiger charge is -2.08. The van der Waals surface area contributed by atoms with Gasteiger partial charge in [0.2, 0.25) is 0 Å². The van der Waals surface area contributed by atoms with E-state index in [2.05, 4.69) is 5.32 Å². The normalized spacial score (nSPS) is 9.83. The summed E-state index contributed by atoms with van der Waals surface area (Å²) in [4.78, 5) is 20.4. The van der Waals surface area contributed by atoms with Gasteiger partial charge in [0.05, 0.1) is 17.6 Å². The van der Waals surface area contributed by atoms with E-state index in [9.17, 15) is 14.9 Å². The summed E-state index contributed by atoms with van der Waals surface area (Å²) >= 11 is 0. The minimum Gasteiger partial charge on any atom is -0.482 e. The summed E-state index contributed by atoms with van der Waals surface area (Å²) in [6.45, 7) is -0.492. The summed E-state index contributed by atoms with van der Waals surface area (Å²) in [5, 5.41) is 30.5. The van der Waals surface area contributed by atoms with Gasteiger partial charge in [-0.25, -0.2) is 4.79 Å². The second kappa shape index (κ2) is 6.40. The predicted molar refractivity (Wildman–Crippen MR) is 61.8 cm³/mol. The van der Waals surface area contributed by atoms with Crippen LogP contribution in [0.1, 0.15) is 0 Å². The highest BCUT2D eigenvalue weighted by Gasteiger charge is 2.11. The van der Waals surface area contributed by atoms with Crippen LogP contribution in [0.25, 0.3) is 0 Å². The summed E-state index contributed by atoms with van der Waals surface area (Å²) in [5.74, 6) is -1.10. The number of nitro groups is 1. The van der Waals surface area contributed by atoms with Crippen molar-refractivity contribution in [3.8, 4) is 5.75 Å². The molecule has 0 bridgehead atoms.